The second-order valence-corrected chi connectivity index (χ2v) is 2.08. The Hall–Kier alpha value is 0.550. The van der Waals surface area contributed by atoms with E-state index in [0.717, 1.165) is 4.53 Å². The fourth-order valence-corrected chi connectivity index (χ4v) is 0.681. The molecule has 0 fully saturated rings. The van der Waals surface area contributed by atoms with Crippen molar-refractivity contribution in [3.8, 4) is 0 Å². The maximum atomic E-state index is 10.6. The van der Waals surface area contributed by atoms with Crippen molar-refractivity contribution in [1.29, 1.82) is 0 Å². The van der Waals surface area contributed by atoms with Crippen molar-refractivity contribution in [1.82, 2.24) is 15.5 Å². The molecule has 0 bridgehead atoms. The van der Waals surface area contributed by atoms with E-state index < -0.39 is 5.91 Å². The third kappa shape index (κ3) is 2.30. The predicted octanol–water partition coefficient (Wildman–Crippen LogP) is -2.81. The molecule has 0 unspecified atom stereocenters. The van der Waals surface area contributed by atoms with Crippen LogP contribution in [0.3, 0.4) is 0 Å². The summed E-state index contributed by atoms with van der Waals surface area (Å²) in [6.07, 6.45) is 1.31. The van der Waals surface area contributed by atoms with Gasteiger partial charge in [0.25, 0.3) is 5.91 Å². The zero-order valence-corrected chi connectivity index (χ0v) is 8.70. The summed E-state index contributed by atoms with van der Waals surface area (Å²) in [4.78, 5) is 10.6. The van der Waals surface area contributed by atoms with Gasteiger partial charge in [-0.05, 0) is 0 Å². The molecule has 52 valence electrons. The molecule has 1 aliphatic heterocycles. The first-order valence-corrected chi connectivity index (χ1v) is 2.80. The number of carbonyl (C=O) groups is 1. The Kier molecular flexibility index (Phi) is 4.68. The van der Waals surface area contributed by atoms with E-state index >= 15 is 0 Å². The van der Waals surface area contributed by atoms with Crippen molar-refractivity contribution < 1.29 is 35.8 Å². The summed E-state index contributed by atoms with van der Waals surface area (Å²) >= 11 is 10.6. The van der Waals surface area contributed by atoms with Crippen LogP contribution in [0.4, 0.5) is 0 Å². The van der Waals surface area contributed by atoms with Gasteiger partial charge >= 0.3 is 29.6 Å². The monoisotopic (exact) mass is 191 g/mol. The molecule has 2 N–H and O–H groups in total. The van der Waals surface area contributed by atoms with Gasteiger partial charge in [0.1, 0.15) is 5.03 Å². The largest absolute Gasteiger partial charge is 1.00 e. The number of hydrogen-bond donors (Lipinski definition) is 2. The Labute approximate surface area is 91.4 Å². The number of carbonyl (C=O) groups excluding carboxylic acids is 1. The summed E-state index contributed by atoms with van der Waals surface area (Å²) < 4.78 is 0.725. The zero-order valence-electron chi connectivity index (χ0n) is 6.19. The topological polar surface area (TPSA) is 44.4 Å². The maximum absolute atomic E-state index is 10.6. The molecule has 0 radical (unpaired) electrons. The van der Waals surface area contributed by atoms with Crippen LogP contribution in [0.2, 0.25) is 0 Å². The van der Waals surface area contributed by atoms with E-state index in [1.54, 1.807) is 0 Å². The molecule has 0 saturated heterocycles. The molecule has 1 amide bonds. The van der Waals surface area contributed by atoms with Crippen LogP contribution < -0.4 is 40.5 Å². The van der Waals surface area contributed by atoms with Crippen molar-refractivity contribution in [2.45, 2.75) is 0 Å². The molecular weight excluding hydrogens is 188 g/mol. The van der Waals surface area contributed by atoms with E-state index in [4.69, 9.17) is 23.4 Å². The Morgan fingerprint density at radius 3 is 2.70 bits per heavy atom. The molecule has 1 rings (SSSR count). The Balaban J connectivity index is 0. The fourth-order valence-electron chi connectivity index (χ4n) is 0.359. The number of hydrogen-bond acceptors (Lipinski definition) is 3. The molecule has 0 aromatic heterocycles. The van der Waals surface area contributed by atoms with Crippen LogP contribution in [-0.2, 0) is 4.79 Å². The first-order valence-electron chi connectivity index (χ1n) is 2.09. The summed E-state index contributed by atoms with van der Waals surface area (Å²) in [5.41, 5.74) is 4.74. The van der Waals surface area contributed by atoms with Gasteiger partial charge in [-0.1, -0.05) is 11.6 Å². The minimum atomic E-state index is -0.475. The van der Waals surface area contributed by atoms with Crippen LogP contribution in [0, 0.1) is 0 Å². The average Bonchev–Trinajstić information content (AvgIpc) is 1.83. The summed E-state index contributed by atoms with van der Waals surface area (Å²) in [7, 11) is 0. The molecule has 0 aliphatic carbocycles. The Bertz CT molecular complexity index is 178. The van der Waals surface area contributed by atoms with Crippen molar-refractivity contribution in [3.05, 3.63) is 11.2 Å². The quantitative estimate of drug-likeness (QED) is 0.321. The standard InChI is InChI=1S/C3H3Cl2N3O.Na.H/c4-2-1-6-7-8(5)3(2)9;;/h1,6-7H;;/q;+1;-1. The number of nitrogens with zero attached hydrogens (tertiary/aromatic N) is 1. The van der Waals surface area contributed by atoms with E-state index in [0.29, 0.717) is 0 Å². The number of rotatable bonds is 0. The summed E-state index contributed by atoms with van der Waals surface area (Å²) in [6.45, 7) is 0. The van der Waals surface area contributed by atoms with Crippen LogP contribution in [0.15, 0.2) is 11.2 Å². The van der Waals surface area contributed by atoms with Crippen molar-refractivity contribution in [2.75, 3.05) is 0 Å². The van der Waals surface area contributed by atoms with Gasteiger partial charge < -0.3 is 6.85 Å². The minimum absolute atomic E-state index is 0. The number of nitrogens with one attached hydrogen (secondary N) is 2. The van der Waals surface area contributed by atoms with Gasteiger partial charge in [0, 0.05) is 18.0 Å². The van der Waals surface area contributed by atoms with E-state index in [2.05, 4.69) is 11.0 Å². The second kappa shape index (κ2) is 4.43. The fraction of sp³-hybridized carbons (Fsp3) is 0. The van der Waals surface area contributed by atoms with Crippen molar-refractivity contribution >= 4 is 29.3 Å². The molecule has 7 heteroatoms. The first-order chi connectivity index (χ1) is 4.22. The molecule has 10 heavy (non-hydrogen) atoms. The SMILES string of the molecule is O=C1C(Cl)=CNNN1Cl.[H-].[Na+]. The molecule has 4 nitrogen and oxygen atoms in total. The molecule has 1 heterocycles. The predicted molar refractivity (Wildman–Crippen MR) is 34.0 cm³/mol. The average molecular weight is 192 g/mol. The van der Waals surface area contributed by atoms with Gasteiger partial charge in [-0.25, -0.2) is 0 Å². The molecule has 1 aliphatic rings. The summed E-state index contributed by atoms with van der Waals surface area (Å²) in [5, 5.41) is 0.0451. The third-order valence-electron chi connectivity index (χ3n) is 0.744. The van der Waals surface area contributed by atoms with E-state index in [1.807, 2.05) is 0 Å². The Morgan fingerprint density at radius 1 is 1.70 bits per heavy atom. The number of halogens is 2. The molecule has 0 spiro atoms. The minimum Gasteiger partial charge on any atom is -1.00 e. The Morgan fingerprint density at radius 2 is 2.30 bits per heavy atom. The van der Waals surface area contributed by atoms with Crippen LogP contribution in [-0.4, -0.2) is 10.4 Å². The molecule has 0 saturated carbocycles. The van der Waals surface area contributed by atoms with Crippen LogP contribution in [0.25, 0.3) is 0 Å². The van der Waals surface area contributed by atoms with E-state index in [1.165, 1.54) is 6.20 Å². The van der Waals surface area contributed by atoms with Crippen molar-refractivity contribution in [3.63, 3.8) is 0 Å². The summed E-state index contributed by atoms with van der Waals surface area (Å²) in [5.74, 6) is -0.475. The molecule has 0 atom stereocenters. The molecule has 0 aromatic rings. The first kappa shape index (κ1) is 10.6. The van der Waals surface area contributed by atoms with Crippen molar-refractivity contribution in [2.24, 2.45) is 0 Å². The number of amides is 1. The van der Waals surface area contributed by atoms with Gasteiger partial charge in [-0.15, -0.1) is 5.53 Å². The van der Waals surface area contributed by atoms with E-state index in [-0.39, 0.29) is 36.0 Å². The van der Waals surface area contributed by atoms with Gasteiger partial charge in [-0.3, -0.25) is 4.79 Å². The second-order valence-electron chi connectivity index (χ2n) is 1.33. The maximum Gasteiger partial charge on any atom is 1.00 e. The van der Waals surface area contributed by atoms with Crippen LogP contribution in [0.1, 0.15) is 1.43 Å². The van der Waals surface area contributed by atoms with Gasteiger partial charge in [0.05, 0.1) is 0 Å². The van der Waals surface area contributed by atoms with Gasteiger partial charge in [0.2, 0.25) is 0 Å². The zero-order chi connectivity index (χ0) is 6.85. The van der Waals surface area contributed by atoms with Crippen LogP contribution in [0.5, 0.6) is 0 Å². The normalized spacial score (nSPS) is 17.2. The van der Waals surface area contributed by atoms with E-state index in [9.17, 15) is 4.79 Å². The summed E-state index contributed by atoms with van der Waals surface area (Å²) in [6, 6.07) is 0. The number of hydrazine groups is 2. The van der Waals surface area contributed by atoms with Gasteiger partial charge in [-0.2, -0.15) is 4.53 Å². The van der Waals surface area contributed by atoms with Gasteiger partial charge in [0.15, 0.2) is 0 Å². The van der Waals surface area contributed by atoms with Crippen LogP contribution >= 0.6 is 23.4 Å². The third-order valence-corrected chi connectivity index (χ3v) is 1.25. The molecular formula is C3H4Cl2N3NaO. The molecule has 0 aromatic carbocycles. The smallest absolute Gasteiger partial charge is 1.00 e.